The van der Waals surface area contributed by atoms with Gasteiger partial charge in [-0.3, -0.25) is 10.1 Å². The van der Waals surface area contributed by atoms with Crippen LogP contribution in [-0.2, 0) is 13.8 Å². The molecular formula is C10H11Cl2NO6S. The van der Waals surface area contributed by atoms with Gasteiger partial charge in [-0.2, -0.15) is 0 Å². The van der Waals surface area contributed by atoms with Crippen LogP contribution in [0.2, 0.25) is 5.02 Å². The second kappa shape index (κ2) is 7.63. The summed E-state index contributed by atoms with van der Waals surface area (Å²) in [6.45, 7) is 0.225. The highest BCUT2D eigenvalue weighted by Crippen LogP contribution is 2.28. The maximum atomic E-state index is 10.6. The molecule has 0 aromatic heterocycles. The van der Waals surface area contributed by atoms with Crippen molar-refractivity contribution >= 4 is 37.0 Å². The third kappa shape index (κ3) is 6.38. The number of hydrogen-bond donors (Lipinski definition) is 0. The van der Waals surface area contributed by atoms with Crippen molar-refractivity contribution in [2.75, 3.05) is 25.6 Å². The summed E-state index contributed by atoms with van der Waals surface area (Å²) < 4.78 is 31.4. The van der Waals surface area contributed by atoms with E-state index in [1.807, 2.05) is 0 Å². The minimum absolute atomic E-state index is 0.0385. The van der Waals surface area contributed by atoms with Gasteiger partial charge in [-0.1, -0.05) is 11.6 Å². The normalized spacial score (nSPS) is 11.3. The second-order valence-electron chi connectivity index (χ2n) is 3.58. The first-order chi connectivity index (χ1) is 9.29. The number of ether oxygens (including phenoxy) is 2. The predicted molar refractivity (Wildman–Crippen MR) is 74.1 cm³/mol. The van der Waals surface area contributed by atoms with Crippen molar-refractivity contribution in [1.29, 1.82) is 0 Å². The summed E-state index contributed by atoms with van der Waals surface area (Å²) in [4.78, 5) is 9.94. The van der Waals surface area contributed by atoms with Crippen molar-refractivity contribution < 1.29 is 22.8 Å². The molecule has 0 spiro atoms. The van der Waals surface area contributed by atoms with Crippen LogP contribution in [0.15, 0.2) is 18.2 Å². The van der Waals surface area contributed by atoms with Crippen molar-refractivity contribution in [1.82, 2.24) is 0 Å². The number of nitro groups is 1. The molecule has 112 valence electrons. The molecule has 7 nitrogen and oxygen atoms in total. The lowest BCUT2D eigenvalue weighted by atomic mass is 10.3. The Morgan fingerprint density at radius 2 is 1.95 bits per heavy atom. The third-order valence-electron chi connectivity index (χ3n) is 2.08. The molecular weight excluding hydrogens is 333 g/mol. The molecule has 1 aromatic carbocycles. The van der Waals surface area contributed by atoms with Crippen molar-refractivity contribution in [3.8, 4) is 5.75 Å². The summed E-state index contributed by atoms with van der Waals surface area (Å²) >= 11 is 5.81. The zero-order valence-electron chi connectivity index (χ0n) is 10.1. The first-order valence-corrected chi connectivity index (χ1v) is 8.22. The molecule has 0 aliphatic rings. The Bertz CT molecular complexity index is 577. The fourth-order valence-corrected chi connectivity index (χ4v) is 1.93. The van der Waals surface area contributed by atoms with Crippen LogP contribution in [0, 0.1) is 10.1 Å². The predicted octanol–water partition coefficient (Wildman–Crippen LogP) is 2.21. The van der Waals surface area contributed by atoms with E-state index in [-0.39, 0.29) is 42.0 Å². The Morgan fingerprint density at radius 1 is 1.25 bits per heavy atom. The minimum Gasteiger partial charge on any atom is -0.490 e. The Hall–Kier alpha value is -1.09. The van der Waals surface area contributed by atoms with E-state index in [0.29, 0.717) is 0 Å². The van der Waals surface area contributed by atoms with E-state index in [0.717, 1.165) is 0 Å². The molecule has 20 heavy (non-hydrogen) atoms. The van der Waals surface area contributed by atoms with Crippen molar-refractivity contribution in [3.05, 3.63) is 33.3 Å². The summed E-state index contributed by atoms with van der Waals surface area (Å²) in [5.74, 6) is -0.00170. The van der Waals surface area contributed by atoms with Crippen LogP contribution < -0.4 is 4.74 Å². The standard InChI is InChI=1S/C10H11Cl2NO6S/c11-9-7-8(13(14)15)1-2-10(9)19-4-3-18-5-6-20(12,16)17/h1-2,7H,3-6H2. The summed E-state index contributed by atoms with van der Waals surface area (Å²) in [5.41, 5.74) is -0.133. The van der Waals surface area contributed by atoms with E-state index in [1.54, 1.807) is 0 Å². The van der Waals surface area contributed by atoms with Gasteiger partial charge in [0.1, 0.15) is 12.4 Å². The van der Waals surface area contributed by atoms with Crippen LogP contribution >= 0.6 is 22.3 Å². The van der Waals surface area contributed by atoms with Gasteiger partial charge < -0.3 is 9.47 Å². The fraction of sp³-hybridized carbons (Fsp3) is 0.400. The lowest BCUT2D eigenvalue weighted by Gasteiger charge is -2.08. The molecule has 0 amide bonds. The molecule has 0 saturated carbocycles. The number of rotatable bonds is 8. The summed E-state index contributed by atoms with van der Waals surface area (Å²) in [7, 11) is 1.43. The van der Waals surface area contributed by atoms with Crippen LogP contribution in [0.25, 0.3) is 0 Å². The summed E-state index contributed by atoms with van der Waals surface area (Å²) in [6, 6.07) is 3.82. The molecule has 0 bridgehead atoms. The molecule has 0 saturated heterocycles. The van der Waals surface area contributed by atoms with E-state index in [9.17, 15) is 18.5 Å². The van der Waals surface area contributed by atoms with Crippen LogP contribution in [0.1, 0.15) is 0 Å². The lowest BCUT2D eigenvalue weighted by molar-refractivity contribution is -0.384. The highest BCUT2D eigenvalue weighted by molar-refractivity contribution is 8.13. The van der Waals surface area contributed by atoms with Crippen LogP contribution in [0.3, 0.4) is 0 Å². The van der Waals surface area contributed by atoms with Gasteiger partial charge in [0.15, 0.2) is 0 Å². The Kier molecular flexibility index (Phi) is 6.47. The maximum Gasteiger partial charge on any atom is 0.271 e. The Labute approximate surface area is 125 Å². The number of benzene rings is 1. The molecule has 0 heterocycles. The number of nitro benzene ring substituents is 1. The second-order valence-corrected chi connectivity index (χ2v) is 6.88. The molecule has 0 unspecified atom stereocenters. The van der Waals surface area contributed by atoms with E-state index in [1.165, 1.54) is 18.2 Å². The zero-order chi connectivity index (χ0) is 15.2. The molecule has 0 fully saturated rings. The van der Waals surface area contributed by atoms with Gasteiger partial charge in [0.25, 0.3) is 5.69 Å². The minimum atomic E-state index is -3.56. The van der Waals surface area contributed by atoms with Gasteiger partial charge in [0.2, 0.25) is 9.05 Å². The van der Waals surface area contributed by atoms with Gasteiger partial charge in [0, 0.05) is 22.8 Å². The number of halogens is 2. The van der Waals surface area contributed by atoms with E-state index < -0.39 is 14.0 Å². The van der Waals surface area contributed by atoms with Crippen molar-refractivity contribution in [3.63, 3.8) is 0 Å². The SMILES string of the molecule is O=[N+]([O-])c1ccc(OCCOCCS(=O)(=O)Cl)c(Cl)c1. The Morgan fingerprint density at radius 3 is 2.50 bits per heavy atom. The highest BCUT2D eigenvalue weighted by Gasteiger charge is 2.10. The molecule has 10 heteroatoms. The average molecular weight is 344 g/mol. The van der Waals surface area contributed by atoms with E-state index in [4.69, 9.17) is 31.8 Å². The largest absolute Gasteiger partial charge is 0.490 e. The summed E-state index contributed by atoms with van der Waals surface area (Å²) in [5, 5.41) is 10.6. The van der Waals surface area contributed by atoms with E-state index >= 15 is 0 Å². The maximum absolute atomic E-state index is 10.6. The molecule has 0 atom stereocenters. The van der Waals surface area contributed by atoms with Gasteiger partial charge in [0.05, 0.1) is 28.9 Å². The van der Waals surface area contributed by atoms with Gasteiger partial charge in [-0.15, -0.1) is 0 Å². The third-order valence-corrected chi connectivity index (χ3v) is 3.50. The molecule has 1 rings (SSSR count). The number of non-ortho nitro benzene ring substituents is 1. The quantitative estimate of drug-likeness (QED) is 0.310. The topological polar surface area (TPSA) is 95.7 Å². The molecule has 0 radical (unpaired) electrons. The van der Waals surface area contributed by atoms with Crippen LogP contribution in [-0.4, -0.2) is 38.9 Å². The van der Waals surface area contributed by atoms with Gasteiger partial charge >= 0.3 is 0 Å². The Balaban J connectivity index is 2.34. The lowest BCUT2D eigenvalue weighted by Crippen LogP contribution is -2.12. The van der Waals surface area contributed by atoms with Crippen molar-refractivity contribution in [2.45, 2.75) is 0 Å². The van der Waals surface area contributed by atoms with Gasteiger partial charge in [-0.05, 0) is 6.07 Å². The molecule has 0 aliphatic heterocycles. The van der Waals surface area contributed by atoms with Crippen LogP contribution in [0.5, 0.6) is 5.75 Å². The zero-order valence-corrected chi connectivity index (χ0v) is 12.4. The van der Waals surface area contributed by atoms with Gasteiger partial charge in [-0.25, -0.2) is 8.42 Å². The monoisotopic (exact) mass is 343 g/mol. The molecule has 0 N–H and O–H groups in total. The fourth-order valence-electron chi connectivity index (χ4n) is 1.19. The number of hydrogen-bond acceptors (Lipinski definition) is 6. The van der Waals surface area contributed by atoms with Crippen LogP contribution in [0.4, 0.5) is 5.69 Å². The number of nitrogens with zero attached hydrogens (tertiary/aromatic N) is 1. The average Bonchev–Trinajstić information content (AvgIpc) is 2.33. The molecule has 1 aromatic rings. The van der Waals surface area contributed by atoms with Crippen molar-refractivity contribution in [2.24, 2.45) is 0 Å². The molecule has 0 aliphatic carbocycles. The van der Waals surface area contributed by atoms with E-state index in [2.05, 4.69) is 0 Å². The first kappa shape index (κ1) is 17.0. The first-order valence-electron chi connectivity index (χ1n) is 5.36. The smallest absolute Gasteiger partial charge is 0.271 e. The highest BCUT2D eigenvalue weighted by atomic mass is 35.7. The summed E-state index contributed by atoms with van der Waals surface area (Å²) in [6.07, 6.45) is 0.